The molecule has 1 aliphatic rings. The van der Waals surface area contributed by atoms with Crippen LogP contribution in [-0.2, 0) is 16.4 Å². The van der Waals surface area contributed by atoms with E-state index in [0.29, 0.717) is 29.7 Å². The Kier molecular flexibility index (Phi) is 6.03. The maximum Gasteiger partial charge on any atom is 0.333 e. The van der Waals surface area contributed by atoms with Gasteiger partial charge in [0.1, 0.15) is 10.7 Å². The smallest absolute Gasteiger partial charge is 0.312 e. The Morgan fingerprint density at radius 2 is 1.88 bits per heavy atom. The standard InChI is InChI=1S/C23H23FN4O4S/c1-14(2)28-13-16(3-8-21(28)29)33(31,32)27-23(30)26-20-7-6-19(24)22-17(4-5-18(20)22)15-9-11-25-12-10-15/h3,6-14,17H,4-5H2,1-2H3,(H2,26,27,30). The molecule has 172 valence electrons. The van der Waals surface area contributed by atoms with Gasteiger partial charge in [0.05, 0.1) is 0 Å². The van der Waals surface area contributed by atoms with Crippen molar-refractivity contribution >= 4 is 21.7 Å². The summed E-state index contributed by atoms with van der Waals surface area (Å²) in [5.41, 5.74) is 2.05. The van der Waals surface area contributed by atoms with E-state index in [9.17, 15) is 22.4 Å². The molecule has 1 aliphatic carbocycles. The van der Waals surface area contributed by atoms with Crippen molar-refractivity contribution in [3.8, 4) is 0 Å². The quantitative estimate of drug-likeness (QED) is 0.593. The van der Waals surface area contributed by atoms with E-state index >= 15 is 0 Å². The van der Waals surface area contributed by atoms with Crippen molar-refractivity contribution in [2.45, 2.75) is 43.5 Å². The highest BCUT2D eigenvalue weighted by Gasteiger charge is 2.30. The lowest BCUT2D eigenvalue weighted by molar-refractivity contribution is 0.256. The number of fused-ring (bicyclic) bond motifs is 1. The van der Waals surface area contributed by atoms with Gasteiger partial charge in [-0.2, -0.15) is 0 Å². The molecule has 0 spiro atoms. The van der Waals surface area contributed by atoms with Crippen molar-refractivity contribution < 1.29 is 17.6 Å². The number of rotatable bonds is 5. The average molecular weight is 471 g/mol. The summed E-state index contributed by atoms with van der Waals surface area (Å²) in [5, 5.41) is 2.54. The second kappa shape index (κ2) is 8.78. The summed E-state index contributed by atoms with van der Waals surface area (Å²) in [4.78, 5) is 28.2. The highest BCUT2D eigenvalue weighted by molar-refractivity contribution is 7.90. The molecule has 0 bridgehead atoms. The number of halogens is 1. The van der Waals surface area contributed by atoms with Gasteiger partial charge >= 0.3 is 6.03 Å². The molecule has 2 amide bonds. The van der Waals surface area contributed by atoms with Crippen LogP contribution in [0, 0.1) is 5.82 Å². The number of hydrogen-bond donors (Lipinski definition) is 2. The minimum Gasteiger partial charge on any atom is -0.312 e. The van der Waals surface area contributed by atoms with Crippen molar-refractivity contribution in [1.82, 2.24) is 14.3 Å². The highest BCUT2D eigenvalue weighted by atomic mass is 32.2. The topological polar surface area (TPSA) is 110 Å². The molecular weight excluding hydrogens is 447 g/mol. The molecule has 3 aromatic rings. The van der Waals surface area contributed by atoms with Crippen molar-refractivity contribution in [3.05, 3.63) is 87.9 Å². The Morgan fingerprint density at radius 3 is 2.58 bits per heavy atom. The molecular formula is C23H23FN4O4S. The second-order valence-electron chi connectivity index (χ2n) is 8.12. The van der Waals surface area contributed by atoms with Crippen LogP contribution in [-0.4, -0.2) is 24.0 Å². The molecule has 10 heteroatoms. The lowest BCUT2D eigenvalue weighted by Crippen LogP contribution is -2.35. The minimum absolute atomic E-state index is 0.173. The molecule has 2 heterocycles. The summed E-state index contributed by atoms with van der Waals surface area (Å²) in [5.74, 6) is -0.549. The molecule has 0 fully saturated rings. The van der Waals surface area contributed by atoms with Crippen LogP contribution in [0.15, 0.2) is 64.7 Å². The van der Waals surface area contributed by atoms with Gasteiger partial charge in [0, 0.05) is 47.9 Å². The first-order chi connectivity index (χ1) is 15.7. The van der Waals surface area contributed by atoms with Gasteiger partial charge < -0.3 is 9.88 Å². The number of nitrogens with one attached hydrogen (secondary N) is 2. The maximum absolute atomic E-state index is 14.7. The zero-order chi connectivity index (χ0) is 23.8. The molecule has 4 rings (SSSR count). The summed E-state index contributed by atoms with van der Waals surface area (Å²) in [6.07, 6.45) is 5.67. The van der Waals surface area contributed by atoms with Gasteiger partial charge in [-0.25, -0.2) is 22.3 Å². The monoisotopic (exact) mass is 470 g/mol. The van der Waals surface area contributed by atoms with Gasteiger partial charge in [-0.3, -0.25) is 9.78 Å². The predicted octanol–water partition coefficient (Wildman–Crippen LogP) is 3.55. The fourth-order valence-electron chi connectivity index (χ4n) is 4.14. The van der Waals surface area contributed by atoms with Crippen molar-refractivity contribution in [2.24, 2.45) is 0 Å². The maximum atomic E-state index is 14.7. The van der Waals surface area contributed by atoms with E-state index in [4.69, 9.17) is 0 Å². The van der Waals surface area contributed by atoms with E-state index in [2.05, 4.69) is 10.3 Å². The third kappa shape index (κ3) is 4.51. The van der Waals surface area contributed by atoms with Crippen LogP contribution in [0.25, 0.3) is 0 Å². The molecule has 0 aliphatic heterocycles. The van der Waals surface area contributed by atoms with Gasteiger partial charge in [-0.15, -0.1) is 0 Å². The average Bonchev–Trinajstić information content (AvgIpc) is 3.22. The number of urea groups is 1. The molecule has 1 unspecified atom stereocenters. The van der Waals surface area contributed by atoms with Crippen molar-refractivity contribution in [1.29, 1.82) is 0 Å². The first-order valence-corrected chi connectivity index (χ1v) is 11.9. The highest BCUT2D eigenvalue weighted by Crippen LogP contribution is 2.42. The number of nitrogens with zero attached hydrogens (tertiary/aromatic N) is 2. The number of anilines is 1. The molecule has 2 aromatic heterocycles. The van der Waals surface area contributed by atoms with E-state index in [-0.39, 0.29) is 28.2 Å². The van der Waals surface area contributed by atoms with Crippen LogP contribution in [0.1, 0.15) is 48.9 Å². The number of aromatic nitrogens is 2. The fourth-order valence-corrected chi connectivity index (χ4v) is 5.05. The zero-order valence-corrected chi connectivity index (χ0v) is 18.9. The summed E-state index contributed by atoms with van der Waals surface area (Å²) in [6.45, 7) is 3.48. The van der Waals surface area contributed by atoms with Gasteiger partial charge in [-0.05, 0) is 68.1 Å². The fraction of sp³-hybridized carbons (Fsp3) is 0.261. The number of benzene rings is 1. The third-order valence-corrected chi connectivity index (χ3v) is 7.01. The van der Waals surface area contributed by atoms with Crippen molar-refractivity contribution in [2.75, 3.05) is 5.32 Å². The van der Waals surface area contributed by atoms with Gasteiger partial charge in [-0.1, -0.05) is 0 Å². The summed E-state index contributed by atoms with van der Waals surface area (Å²) < 4.78 is 43.3. The second-order valence-corrected chi connectivity index (χ2v) is 9.81. The Labute approximate surface area is 190 Å². The Hall–Kier alpha value is -3.53. The molecule has 0 saturated carbocycles. The molecule has 2 N–H and O–H groups in total. The molecule has 0 radical (unpaired) electrons. The zero-order valence-electron chi connectivity index (χ0n) is 18.1. The molecule has 0 saturated heterocycles. The normalized spacial score (nSPS) is 15.3. The van der Waals surface area contributed by atoms with E-state index in [1.54, 1.807) is 26.2 Å². The lowest BCUT2D eigenvalue weighted by Gasteiger charge is -2.16. The van der Waals surface area contributed by atoms with E-state index < -0.39 is 16.1 Å². The van der Waals surface area contributed by atoms with E-state index in [1.807, 2.05) is 16.9 Å². The number of carbonyl (C=O) groups excluding carboxylic acids is 1. The molecule has 8 nitrogen and oxygen atoms in total. The summed E-state index contributed by atoms with van der Waals surface area (Å²) in [7, 11) is -4.23. The first-order valence-electron chi connectivity index (χ1n) is 10.4. The minimum atomic E-state index is -4.23. The Balaban J connectivity index is 1.57. The van der Waals surface area contributed by atoms with Gasteiger partial charge in [0.15, 0.2) is 0 Å². The number of sulfonamides is 1. The first kappa shape index (κ1) is 22.7. The number of amides is 2. The summed E-state index contributed by atoms with van der Waals surface area (Å²) >= 11 is 0. The Bertz CT molecular complexity index is 1370. The number of hydrogen-bond acceptors (Lipinski definition) is 5. The van der Waals surface area contributed by atoms with Crippen LogP contribution in [0.2, 0.25) is 0 Å². The summed E-state index contributed by atoms with van der Waals surface area (Å²) in [6, 6.07) is 7.40. The molecule has 1 aromatic carbocycles. The van der Waals surface area contributed by atoms with Crippen LogP contribution in [0.5, 0.6) is 0 Å². The predicted molar refractivity (Wildman–Crippen MR) is 121 cm³/mol. The lowest BCUT2D eigenvalue weighted by atomic mass is 9.93. The number of carbonyl (C=O) groups is 1. The SMILES string of the molecule is CC(C)n1cc(S(=O)(=O)NC(=O)Nc2ccc(F)c3c2CCC3c2ccncc2)ccc1=O. The van der Waals surface area contributed by atoms with Crippen molar-refractivity contribution in [3.63, 3.8) is 0 Å². The van der Waals surface area contributed by atoms with Gasteiger partial charge in [0.25, 0.3) is 15.6 Å². The van der Waals surface area contributed by atoms with Crippen LogP contribution in [0.3, 0.4) is 0 Å². The Morgan fingerprint density at radius 1 is 1.15 bits per heavy atom. The van der Waals surface area contributed by atoms with E-state index in [0.717, 1.165) is 17.7 Å². The molecule has 1 atom stereocenters. The van der Waals surface area contributed by atoms with Gasteiger partial charge in [0.2, 0.25) is 0 Å². The van der Waals surface area contributed by atoms with Crippen LogP contribution in [0.4, 0.5) is 14.9 Å². The largest absolute Gasteiger partial charge is 0.333 e. The van der Waals surface area contributed by atoms with E-state index in [1.165, 1.54) is 22.9 Å². The van der Waals surface area contributed by atoms with Crippen LogP contribution >= 0.6 is 0 Å². The molecule has 33 heavy (non-hydrogen) atoms. The third-order valence-electron chi connectivity index (χ3n) is 5.70. The van der Waals surface area contributed by atoms with Crippen LogP contribution < -0.4 is 15.6 Å². The number of pyridine rings is 2.